The molecule has 1 heterocycles. The summed E-state index contributed by atoms with van der Waals surface area (Å²) in [6, 6.07) is 0. The molecule has 0 aliphatic heterocycles. The molecular weight excluding hydrogens is 276 g/mol. The summed E-state index contributed by atoms with van der Waals surface area (Å²) >= 11 is 0. The van der Waals surface area contributed by atoms with E-state index in [1.807, 2.05) is 18.7 Å². The van der Waals surface area contributed by atoms with Crippen LogP contribution in [-0.4, -0.2) is 24.5 Å². The molecule has 0 bridgehead atoms. The van der Waals surface area contributed by atoms with Crippen LogP contribution in [0.1, 0.15) is 60.8 Å². The van der Waals surface area contributed by atoms with E-state index in [2.05, 4.69) is 51.1 Å². The van der Waals surface area contributed by atoms with Crippen LogP contribution in [0.4, 0.5) is 0 Å². The van der Waals surface area contributed by atoms with E-state index in [4.69, 9.17) is 4.43 Å². The second-order valence-electron chi connectivity index (χ2n) is 7.03. The van der Waals surface area contributed by atoms with Gasteiger partial charge in [0.2, 0.25) is 0 Å². The topological polar surface area (TPSA) is 27.1 Å². The fourth-order valence-corrected chi connectivity index (χ4v) is 9.24. The zero-order valence-corrected chi connectivity index (χ0v) is 15.8. The van der Waals surface area contributed by atoms with Gasteiger partial charge < -0.3 is 8.99 Å². The van der Waals surface area contributed by atoms with Crippen molar-refractivity contribution in [3.8, 4) is 0 Å². The predicted molar refractivity (Wildman–Crippen MR) is 93.1 cm³/mol. The Morgan fingerprint density at radius 1 is 0.952 bits per heavy atom. The largest absolute Gasteiger partial charge is 0.416 e. The molecule has 0 unspecified atom stereocenters. The minimum atomic E-state index is -1.66. The summed E-state index contributed by atoms with van der Waals surface area (Å²) in [5, 5.41) is 0. The maximum atomic E-state index is 6.57. The van der Waals surface area contributed by atoms with E-state index in [9.17, 15) is 0 Å². The first-order chi connectivity index (χ1) is 9.91. The van der Waals surface area contributed by atoms with Crippen LogP contribution in [0, 0.1) is 0 Å². The highest BCUT2D eigenvalue weighted by molar-refractivity contribution is 6.77. The highest BCUT2D eigenvalue weighted by Gasteiger charge is 2.44. The lowest BCUT2D eigenvalue weighted by Crippen LogP contribution is -2.47. The van der Waals surface area contributed by atoms with Crippen LogP contribution in [0.15, 0.2) is 18.7 Å². The second kappa shape index (κ2) is 8.74. The van der Waals surface area contributed by atoms with Crippen LogP contribution in [0.3, 0.4) is 0 Å². The smallest absolute Gasteiger partial charge is 0.200 e. The number of aryl methyl sites for hydroxylation is 1. The van der Waals surface area contributed by atoms with Crippen molar-refractivity contribution in [2.24, 2.45) is 0 Å². The van der Waals surface area contributed by atoms with Gasteiger partial charge in [0.1, 0.15) is 0 Å². The Labute approximate surface area is 132 Å². The van der Waals surface area contributed by atoms with Gasteiger partial charge in [0, 0.05) is 25.5 Å². The minimum Gasteiger partial charge on any atom is -0.416 e. The average Bonchev–Trinajstić information content (AvgIpc) is 2.89. The fourth-order valence-electron chi connectivity index (χ4n) is 3.74. The molecule has 0 saturated heterocycles. The Bertz CT molecular complexity index is 352. The van der Waals surface area contributed by atoms with Crippen LogP contribution in [0.2, 0.25) is 16.6 Å². The van der Waals surface area contributed by atoms with Gasteiger partial charge in [0.25, 0.3) is 0 Å². The summed E-state index contributed by atoms with van der Waals surface area (Å²) in [4.78, 5) is 4.07. The molecular formula is C17H34N2OSi. The Kier molecular flexibility index (Phi) is 7.67. The Morgan fingerprint density at radius 3 is 2.05 bits per heavy atom. The molecule has 1 aromatic heterocycles. The molecule has 3 nitrogen and oxygen atoms in total. The first-order valence-corrected chi connectivity index (χ1v) is 10.6. The second-order valence-corrected chi connectivity index (χ2v) is 12.5. The van der Waals surface area contributed by atoms with Crippen LogP contribution in [-0.2, 0) is 11.0 Å². The van der Waals surface area contributed by atoms with Crippen molar-refractivity contribution in [3.63, 3.8) is 0 Å². The summed E-state index contributed by atoms with van der Waals surface area (Å²) in [6.07, 6.45) is 9.39. The third kappa shape index (κ3) is 4.96. The molecule has 21 heavy (non-hydrogen) atoms. The van der Waals surface area contributed by atoms with Crippen LogP contribution >= 0.6 is 0 Å². The quantitative estimate of drug-likeness (QED) is 0.436. The van der Waals surface area contributed by atoms with E-state index in [0.717, 1.165) is 13.2 Å². The van der Waals surface area contributed by atoms with Gasteiger partial charge in [-0.25, -0.2) is 4.98 Å². The van der Waals surface area contributed by atoms with Gasteiger partial charge in [0.05, 0.1) is 6.33 Å². The number of rotatable bonds is 10. The lowest BCUT2D eigenvalue weighted by Gasteiger charge is -2.42. The van der Waals surface area contributed by atoms with Gasteiger partial charge >= 0.3 is 0 Å². The summed E-state index contributed by atoms with van der Waals surface area (Å²) in [6.45, 7) is 16.1. The maximum Gasteiger partial charge on any atom is 0.200 e. The molecule has 1 rings (SSSR count). The lowest BCUT2D eigenvalue weighted by molar-refractivity contribution is 0.267. The molecule has 0 atom stereocenters. The zero-order chi connectivity index (χ0) is 15.9. The lowest BCUT2D eigenvalue weighted by atomic mass is 10.2. The molecule has 0 radical (unpaired) electrons. The molecule has 0 fully saturated rings. The molecule has 4 heteroatoms. The summed E-state index contributed by atoms with van der Waals surface area (Å²) in [5.74, 6) is 0. The van der Waals surface area contributed by atoms with Crippen molar-refractivity contribution in [2.45, 2.75) is 84.0 Å². The van der Waals surface area contributed by atoms with E-state index < -0.39 is 8.32 Å². The molecule has 122 valence electrons. The first kappa shape index (κ1) is 18.4. The zero-order valence-electron chi connectivity index (χ0n) is 14.8. The molecule has 1 aromatic rings. The van der Waals surface area contributed by atoms with E-state index in [0.29, 0.717) is 16.6 Å². The van der Waals surface area contributed by atoms with Crippen molar-refractivity contribution in [1.82, 2.24) is 9.55 Å². The Hall–Kier alpha value is -0.613. The fraction of sp³-hybridized carbons (Fsp3) is 0.824. The summed E-state index contributed by atoms with van der Waals surface area (Å²) in [7, 11) is -1.66. The van der Waals surface area contributed by atoms with Crippen molar-refractivity contribution < 1.29 is 4.43 Å². The number of aromatic nitrogens is 2. The minimum absolute atomic E-state index is 0.684. The standard InChI is InChI=1S/C17H34N2OSi/c1-15(2)21(16(3)4,17(5)6)20-13-9-7-8-11-19-12-10-18-14-19/h10,12,14-17H,7-9,11,13H2,1-6H3. The number of hydrogen-bond acceptors (Lipinski definition) is 2. The third-order valence-electron chi connectivity index (χ3n) is 4.68. The van der Waals surface area contributed by atoms with Gasteiger partial charge in [-0.1, -0.05) is 41.5 Å². The Balaban J connectivity index is 2.33. The predicted octanol–water partition coefficient (Wildman–Crippen LogP) is 5.25. The van der Waals surface area contributed by atoms with E-state index in [1.165, 1.54) is 19.3 Å². The molecule has 0 N–H and O–H groups in total. The van der Waals surface area contributed by atoms with Crippen molar-refractivity contribution >= 4 is 8.32 Å². The molecule has 0 spiro atoms. The number of unbranched alkanes of at least 4 members (excludes halogenated alkanes) is 2. The van der Waals surface area contributed by atoms with Crippen LogP contribution in [0.25, 0.3) is 0 Å². The summed E-state index contributed by atoms with van der Waals surface area (Å²) in [5.41, 5.74) is 2.05. The third-order valence-corrected chi connectivity index (χ3v) is 10.8. The van der Waals surface area contributed by atoms with Crippen LogP contribution in [0.5, 0.6) is 0 Å². The SMILES string of the molecule is CC(C)[Si](OCCCCCn1ccnc1)(C(C)C)C(C)C. The normalized spacial score (nSPS) is 12.8. The van der Waals surface area contributed by atoms with E-state index >= 15 is 0 Å². The van der Waals surface area contributed by atoms with Gasteiger partial charge in [0.15, 0.2) is 8.32 Å². The Morgan fingerprint density at radius 2 is 1.57 bits per heavy atom. The van der Waals surface area contributed by atoms with Gasteiger partial charge in [-0.05, 0) is 35.9 Å². The maximum absolute atomic E-state index is 6.57. The average molecular weight is 311 g/mol. The molecule has 0 amide bonds. The van der Waals surface area contributed by atoms with Gasteiger partial charge in [-0.3, -0.25) is 0 Å². The highest BCUT2D eigenvalue weighted by Crippen LogP contribution is 2.42. The molecule has 0 aliphatic carbocycles. The molecule has 0 aliphatic rings. The number of nitrogens with zero attached hydrogens (tertiary/aromatic N) is 2. The summed E-state index contributed by atoms with van der Waals surface area (Å²) < 4.78 is 8.72. The van der Waals surface area contributed by atoms with Crippen molar-refractivity contribution in [3.05, 3.63) is 18.7 Å². The first-order valence-electron chi connectivity index (χ1n) is 8.51. The van der Waals surface area contributed by atoms with E-state index in [-0.39, 0.29) is 0 Å². The van der Waals surface area contributed by atoms with Gasteiger partial charge in [-0.15, -0.1) is 0 Å². The number of imidazole rings is 1. The van der Waals surface area contributed by atoms with Gasteiger partial charge in [-0.2, -0.15) is 0 Å². The van der Waals surface area contributed by atoms with Crippen LogP contribution < -0.4 is 0 Å². The van der Waals surface area contributed by atoms with E-state index in [1.54, 1.807) is 0 Å². The monoisotopic (exact) mass is 310 g/mol. The number of hydrogen-bond donors (Lipinski definition) is 0. The van der Waals surface area contributed by atoms with Crippen molar-refractivity contribution in [2.75, 3.05) is 6.61 Å². The highest BCUT2D eigenvalue weighted by atomic mass is 28.4. The molecule has 0 aromatic carbocycles. The molecule has 0 saturated carbocycles. The van der Waals surface area contributed by atoms with Crippen molar-refractivity contribution in [1.29, 1.82) is 0 Å².